The summed E-state index contributed by atoms with van der Waals surface area (Å²) in [4.78, 5) is 30.3. The number of imidazole rings is 1. The number of alkyl halides is 6. The fourth-order valence-electron chi connectivity index (χ4n) is 4.24. The third kappa shape index (κ3) is 9.73. The molecule has 2 N–H and O–H groups in total. The van der Waals surface area contributed by atoms with Crippen LogP contribution in [0.3, 0.4) is 0 Å². The first-order valence-corrected chi connectivity index (χ1v) is 12.8. The first kappa shape index (κ1) is 33.5. The molecule has 1 aliphatic rings. The van der Waals surface area contributed by atoms with Crippen molar-refractivity contribution in [3.05, 3.63) is 48.4 Å². The van der Waals surface area contributed by atoms with Gasteiger partial charge in [0, 0.05) is 23.2 Å². The van der Waals surface area contributed by atoms with Crippen molar-refractivity contribution >= 4 is 23.0 Å². The van der Waals surface area contributed by atoms with E-state index in [0.29, 0.717) is 12.0 Å². The maximum Gasteiger partial charge on any atom is 0.490 e. The van der Waals surface area contributed by atoms with Crippen molar-refractivity contribution in [1.29, 1.82) is 0 Å². The van der Waals surface area contributed by atoms with Gasteiger partial charge in [-0.1, -0.05) is 37.3 Å². The molecule has 14 heteroatoms. The summed E-state index contributed by atoms with van der Waals surface area (Å²) in [5.41, 5.74) is 5.65. The fraction of sp³-hybridized carbons (Fsp3) is 0.481. The molecule has 3 heterocycles. The zero-order valence-electron chi connectivity index (χ0n) is 22.7. The number of carbonyl (C=O) groups is 2. The number of pyridine rings is 1. The summed E-state index contributed by atoms with van der Waals surface area (Å²) >= 11 is 0. The van der Waals surface area contributed by atoms with Gasteiger partial charge < -0.3 is 19.7 Å². The summed E-state index contributed by atoms with van der Waals surface area (Å²) in [6.07, 6.45) is -4.57. The van der Waals surface area contributed by atoms with Crippen molar-refractivity contribution in [1.82, 2.24) is 19.4 Å². The fourth-order valence-corrected chi connectivity index (χ4v) is 4.24. The quantitative estimate of drug-likeness (QED) is 0.325. The third-order valence-electron chi connectivity index (χ3n) is 6.22. The standard InChI is InChI=1S/C23H30N4.2C2HF3O2/c1-4-12-26-13-10-18(11-14-26)20-15-21-23(24-16-27(21)17(2)3)22(25-20)19-8-6-5-7-9-19;2*3-2(4,5)1(6)7/h5-9,15-18H,4,10-14H2,1-3H3;2*(H,6,7). The highest BCUT2D eigenvalue weighted by Crippen LogP contribution is 2.34. The molecule has 8 nitrogen and oxygen atoms in total. The Bertz CT molecular complexity index is 1260. The predicted molar refractivity (Wildman–Crippen MR) is 139 cm³/mol. The maximum atomic E-state index is 10.6. The summed E-state index contributed by atoms with van der Waals surface area (Å²) in [6, 6.07) is 13.2. The number of likely N-dealkylation sites (tertiary alicyclic amines) is 1. The van der Waals surface area contributed by atoms with E-state index in [1.807, 2.05) is 6.33 Å². The van der Waals surface area contributed by atoms with Crippen LogP contribution in [0.25, 0.3) is 22.3 Å². The number of carboxylic acids is 2. The van der Waals surface area contributed by atoms with Gasteiger partial charge in [0.1, 0.15) is 5.52 Å². The molecule has 0 saturated carbocycles. The van der Waals surface area contributed by atoms with Crippen LogP contribution in [-0.2, 0) is 9.59 Å². The van der Waals surface area contributed by atoms with E-state index < -0.39 is 24.3 Å². The van der Waals surface area contributed by atoms with E-state index in [0.717, 1.165) is 16.8 Å². The van der Waals surface area contributed by atoms with Crippen LogP contribution in [-0.4, -0.2) is 73.6 Å². The lowest BCUT2D eigenvalue weighted by Crippen LogP contribution is -2.33. The number of aliphatic carboxylic acids is 2. The number of piperidine rings is 1. The Morgan fingerprint density at radius 3 is 1.93 bits per heavy atom. The van der Waals surface area contributed by atoms with Crippen LogP contribution in [0, 0.1) is 0 Å². The lowest BCUT2D eigenvalue weighted by atomic mass is 9.92. The summed E-state index contributed by atoms with van der Waals surface area (Å²) in [5.74, 6) is -4.97. The zero-order valence-corrected chi connectivity index (χ0v) is 22.7. The highest BCUT2D eigenvalue weighted by Gasteiger charge is 2.38. The zero-order chi connectivity index (χ0) is 31.0. The Morgan fingerprint density at radius 2 is 1.49 bits per heavy atom. The van der Waals surface area contributed by atoms with Crippen molar-refractivity contribution in [2.45, 2.75) is 64.3 Å². The van der Waals surface area contributed by atoms with Gasteiger partial charge in [-0.3, -0.25) is 4.98 Å². The number of rotatable bonds is 5. The molecule has 4 rings (SSSR count). The SMILES string of the molecule is CCCN1CCC(c2cc3c(ncn3C(C)C)c(-c3ccccc3)n2)CC1.O=C(O)C(F)(F)F.O=C(O)C(F)(F)F. The summed E-state index contributed by atoms with van der Waals surface area (Å²) in [5, 5.41) is 14.2. The highest BCUT2D eigenvalue weighted by atomic mass is 19.4. The van der Waals surface area contributed by atoms with Crippen LogP contribution >= 0.6 is 0 Å². The topological polar surface area (TPSA) is 109 Å². The number of nitrogens with zero attached hydrogens (tertiary/aromatic N) is 4. The summed E-state index contributed by atoms with van der Waals surface area (Å²) < 4.78 is 65.7. The van der Waals surface area contributed by atoms with Gasteiger partial charge in [-0.2, -0.15) is 26.3 Å². The van der Waals surface area contributed by atoms with E-state index in [1.165, 1.54) is 50.1 Å². The van der Waals surface area contributed by atoms with Crippen LogP contribution in [0.2, 0.25) is 0 Å². The molecular formula is C27H32F6N4O4. The number of fused-ring (bicyclic) bond motifs is 1. The molecule has 0 amide bonds. The molecule has 1 aliphatic heterocycles. The molecule has 0 spiro atoms. The molecule has 0 atom stereocenters. The van der Waals surface area contributed by atoms with Crippen LogP contribution < -0.4 is 0 Å². The second kappa shape index (κ2) is 14.3. The van der Waals surface area contributed by atoms with Crippen molar-refractivity contribution in [2.24, 2.45) is 0 Å². The molecular weight excluding hydrogens is 558 g/mol. The van der Waals surface area contributed by atoms with Gasteiger partial charge in [-0.15, -0.1) is 0 Å². The average Bonchev–Trinajstić information content (AvgIpc) is 3.33. The van der Waals surface area contributed by atoms with Crippen molar-refractivity contribution in [3.8, 4) is 11.3 Å². The molecule has 1 saturated heterocycles. The minimum Gasteiger partial charge on any atom is -0.475 e. The molecule has 2 aromatic heterocycles. The van der Waals surface area contributed by atoms with Crippen molar-refractivity contribution in [2.75, 3.05) is 19.6 Å². The van der Waals surface area contributed by atoms with Gasteiger partial charge in [0.05, 0.1) is 17.5 Å². The number of aromatic nitrogens is 3. The van der Waals surface area contributed by atoms with E-state index >= 15 is 0 Å². The van der Waals surface area contributed by atoms with Crippen LogP contribution in [0.4, 0.5) is 26.3 Å². The molecule has 0 unspecified atom stereocenters. The van der Waals surface area contributed by atoms with Crippen LogP contribution in [0.1, 0.15) is 57.7 Å². The minimum absolute atomic E-state index is 0.389. The van der Waals surface area contributed by atoms with Gasteiger partial charge in [-0.05, 0) is 58.8 Å². The van der Waals surface area contributed by atoms with Gasteiger partial charge >= 0.3 is 24.3 Å². The molecule has 0 radical (unpaired) electrons. The van der Waals surface area contributed by atoms with Crippen molar-refractivity contribution < 1.29 is 46.1 Å². The molecule has 3 aromatic rings. The van der Waals surface area contributed by atoms with E-state index in [1.54, 1.807) is 0 Å². The molecule has 1 fully saturated rings. The number of hydrogen-bond acceptors (Lipinski definition) is 5. The third-order valence-corrected chi connectivity index (χ3v) is 6.22. The predicted octanol–water partition coefficient (Wildman–Crippen LogP) is 6.54. The number of halogens is 6. The summed E-state index contributed by atoms with van der Waals surface area (Å²) in [7, 11) is 0. The first-order chi connectivity index (χ1) is 19.1. The van der Waals surface area contributed by atoms with Crippen LogP contribution in [0.15, 0.2) is 42.7 Å². The lowest BCUT2D eigenvalue weighted by Gasteiger charge is -2.31. The molecule has 0 bridgehead atoms. The molecule has 1 aromatic carbocycles. The van der Waals surface area contributed by atoms with E-state index in [9.17, 15) is 26.3 Å². The second-order valence-corrected chi connectivity index (χ2v) is 9.60. The molecule has 226 valence electrons. The van der Waals surface area contributed by atoms with E-state index in [-0.39, 0.29) is 0 Å². The van der Waals surface area contributed by atoms with E-state index in [4.69, 9.17) is 29.8 Å². The minimum atomic E-state index is -5.08. The van der Waals surface area contributed by atoms with Gasteiger partial charge in [-0.25, -0.2) is 14.6 Å². The Morgan fingerprint density at radius 1 is 0.976 bits per heavy atom. The summed E-state index contributed by atoms with van der Waals surface area (Å²) in [6.45, 7) is 10.3. The Kier molecular flexibility index (Phi) is 11.7. The number of hydrogen-bond donors (Lipinski definition) is 2. The smallest absolute Gasteiger partial charge is 0.475 e. The van der Waals surface area contributed by atoms with Crippen molar-refractivity contribution in [3.63, 3.8) is 0 Å². The Labute approximate surface area is 232 Å². The second-order valence-electron chi connectivity index (χ2n) is 9.60. The Balaban J connectivity index is 0.000000349. The average molecular weight is 591 g/mol. The highest BCUT2D eigenvalue weighted by molar-refractivity contribution is 5.90. The Hall–Kier alpha value is -3.68. The lowest BCUT2D eigenvalue weighted by molar-refractivity contribution is -0.193. The van der Waals surface area contributed by atoms with Gasteiger partial charge in [0.25, 0.3) is 0 Å². The van der Waals surface area contributed by atoms with Gasteiger partial charge in [0.15, 0.2) is 0 Å². The number of carboxylic acid groups (broad SMARTS) is 2. The number of benzene rings is 1. The normalized spacial score (nSPS) is 14.7. The van der Waals surface area contributed by atoms with Gasteiger partial charge in [0.2, 0.25) is 0 Å². The monoisotopic (exact) mass is 590 g/mol. The van der Waals surface area contributed by atoms with E-state index in [2.05, 4.69) is 66.6 Å². The molecule has 41 heavy (non-hydrogen) atoms. The molecule has 0 aliphatic carbocycles. The van der Waals surface area contributed by atoms with Crippen LogP contribution in [0.5, 0.6) is 0 Å². The first-order valence-electron chi connectivity index (χ1n) is 12.8. The maximum absolute atomic E-state index is 10.6. The largest absolute Gasteiger partial charge is 0.490 e.